The number of hydrogen-bond acceptors (Lipinski definition) is 7. The Morgan fingerprint density at radius 2 is 1.81 bits per heavy atom. The summed E-state index contributed by atoms with van der Waals surface area (Å²) in [6.07, 6.45) is 3.48. The van der Waals surface area contributed by atoms with Crippen molar-refractivity contribution in [1.29, 1.82) is 0 Å². The Bertz CT molecular complexity index is 1040. The van der Waals surface area contributed by atoms with Crippen molar-refractivity contribution in [2.24, 2.45) is 11.8 Å². The molecule has 2 fully saturated rings. The minimum atomic E-state index is -0.0425. The summed E-state index contributed by atoms with van der Waals surface area (Å²) in [5.74, 6) is 3.09. The monoisotopic (exact) mass is 364 g/mol. The van der Waals surface area contributed by atoms with Gasteiger partial charge in [-0.1, -0.05) is 6.07 Å². The van der Waals surface area contributed by atoms with Gasteiger partial charge in [0.1, 0.15) is 11.5 Å². The summed E-state index contributed by atoms with van der Waals surface area (Å²) in [7, 11) is 1.61. The second-order valence-electron chi connectivity index (χ2n) is 7.11. The lowest BCUT2D eigenvalue weighted by molar-refractivity contribution is 0.397. The van der Waals surface area contributed by atoms with Gasteiger partial charge in [0.15, 0.2) is 0 Å². The smallest absolute Gasteiger partial charge is 0.259 e. The Kier molecular flexibility index (Phi) is 3.70. The second-order valence-corrected chi connectivity index (χ2v) is 7.11. The molecule has 3 aromatic rings. The number of pyridine rings is 1. The fourth-order valence-electron chi connectivity index (χ4n) is 4.15. The summed E-state index contributed by atoms with van der Waals surface area (Å²) in [6.45, 7) is 3.59. The van der Waals surface area contributed by atoms with Gasteiger partial charge < -0.3 is 14.5 Å². The first-order valence-corrected chi connectivity index (χ1v) is 9.06. The number of hydrogen-bond donors (Lipinski definition) is 0. The lowest BCUT2D eigenvalue weighted by Gasteiger charge is -2.22. The van der Waals surface area contributed by atoms with Gasteiger partial charge in [0, 0.05) is 62.5 Å². The predicted octanol–water partition coefficient (Wildman–Crippen LogP) is 1.07. The van der Waals surface area contributed by atoms with E-state index in [1.165, 1.54) is 0 Å². The van der Waals surface area contributed by atoms with E-state index in [9.17, 15) is 4.79 Å². The number of anilines is 2. The standard InChI is InChI=1S/C19H20N6O2/c1-27-17-5-6-20-19(22-17)24-11-13-9-23(10-14(13)12-24)16-8-18(26)25-7-3-2-4-15(25)21-16/h2-8,13-14H,9-12H2,1H3. The van der Waals surface area contributed by atoms with Gasteiger partial charge in [0.05, 0.1) is 7.11 Å². The molecule has 2 unspecified atom stereocenters. The molecule has 2 aliphatic heterocycles. The van der Waals surface area contributed by atoms with Crippen molar-refractivity contribution in [1.82, 2.24) is 19.4 Å². The van der Waals surface area contributed by atoms with E-state index in [1.807, 2.05) is 18.2 Å². The van der Waals surface area contributed by atoms with Crippen molar-refractivity contribution in [3.63, 3.8) is 0 Å². The molecule has 2 atom stereocenters. The molecule has 0 saturated carbocycles. The summed E-state index contributed by atoms with van der Waals surface area (Å²) in [4.78, 5) is 30.3. The Morgan fingerprint density at radius 3 is 2.59 bits per heavy atom. The molecule has 0 amide bonds. The zero-order valence-electron chi connectivity index (χ0n) is 15.0. The first-order valence-electron chi connectivity index (χ1n) is 9.06. The third-order valence-corrected chi connectivity index (χ3v) is 5.48. The zero-order chi connectivity index (χ0) is 18.4. The molecule has 3 aromatic heterocycles. The molecule has 27 heavy (non-hydrogen) atoms. The highest BCUT2D eigenvalue weighted by molar-refractivity contribution is 5.49. The number of nitrogens with zero attached hydrogens (tertiary/aromatic N) is 6. The average molecular weight is 364 g/mol. The number of ether oxygens (including phenoxy) is 1. The Morgan fingerprint density at radius 1 is 1.04 bits per heavy atom. The van der Waals surface area contributed by atoms with Crippen LogP contribution in [0.15, 0.2) is 47.5 Å². The summed E-state index contributed by atoms with van der Waals surface area (Å²) >= 11 is 0. The largest absolute Gasteiger partial charge is 0.481 e. The van der Waals surface area contributed by atoms with E-state index < -0.39 is 0 Å². The van der Waals surface area contributed by atoms with E-state index in [0.717, 1.165) is 37.9 Å². The first-order chi connectivity index (χ1) is 13.2. The van der Waals surface area contributed by atoms with Gasteiger partial charge in [-0.25, -0.2) is 9.97 Å². The van der Waals surface area contributed by atoms with Crippen LogP contribution in [0, 0.1) is 11.8 Å². The van der Waals surface area contributed by atoms with Crippen molar-refractivity contribution in [3.05, 3.63) is 53.1 Å². The molecule has 8 nitrogen and oxygen atoms in total. The maximum atomic E-state index is 12.4. The van der Waals surface area contributed by atoms with Crippen molar-refractivity contribution < 1.29 is 4.74 Å². The van der Waals surface area contributed by atoms with E-state index in [1.54, 1.807) is 36.0 Å². The SMILES string of the molecule is COc1ccnc(N2CC3CN(c4cc(=O)n5ccccc5n4)CC3C2)n1. The number of aromatic nitrogens is 4. The van der Waals surface area contributed by atoms with Crippen LogP contribution in [0.1, 0.15) is 0 Å². The van der Waals surface area contributed by atoms with E-state index >= 15 is 0 Å². The fraction of sp³-hybridized carbons (Fsp3) is 0.368. The first kappa shape index (κ1) is 16.0. The van der Waals surface area contributed by atoms with Crippen LogP contribution in [0.4, 0.5) is 11.8 Å². The van der Waals surface area contributed by atoms with Crippen molar-refractivity contribution in [2.45, 2.75) is 0 Å². The minimum Gasteiger partial charge on any atom is -0.481 e. The van der Waals surface area contributed by atoms with Gasteiger partial charge in [0.25, 0.3) is 5.56 Å². The van der Waals surface area contributed by atoms with Crippen molar-refractivity contribution >= 4 is 17.4 Å². The molecule has 2 aliphatic rings. The summed E-state index contributed by atoms with van der Waals surface area (Å²) in [6, 6.07) is 8.99. The maximum absolute atomic E-state index is 12.4. The van der Waals surface area contributed by atoms with Gasteiger partial charge in [-0.15, -0.1) is 0 Å². The Balaban J connectivity index is 1.34. The van der Waals surface area contributed by atoms with E-state index in [4.69, 9.17) is 4.74 Å². The molecule has 0 aromatic carbocycles. The van der Waals surface area contributed by atoms with Gasteiger partial charge >= 0.3 is 0 Å². The topological polar surface area (TPSA) is 75.9 Å². The third kappa shape index (κ3) is 2.77. The van der Waals surface area contributed by atoms with Crippen LogP contribution >= 0.6 is 0 Å². The van der Waals surface area contributed by atoms with Crippen LogP contribution in [0.5, 0.6) is 5.88 Å². The molecule has 0 bridgehead atoms. The molecule has 0 N–H and O–H groups in total. The van der Waals surface area contributed by atoms with Crippen molar-refractivity contribution in [3.8, 4) is 5.88 Å². The van der Waals surface area contributed by atoms with E-state index in [-0.39, 0.29) is 5.56 Å². The van der Waals surface area contributed by atoms with Crippen LogP contribution in [0.2, 0.25) is 0 Å². The molecule has 8 heteroatoms. The molecule has 138 valence electrons. The van der Waals surface area contributed by atoms with Crippen LogP contribution in [0.25, 0.3) is 5.65 Å². The van der Waals surface area contributed by atoms with Gasteiger partial charge in [-0.05, 0) is 12.1 Å². The maximum Gasteiger partial charge on any atom is 0.259 e. The summed E-state index contributed by atoms with van der Waals surface area (Å²) in [5.41, 5.74) is 0.641. The normalized spacial score (nSPS) is 21.7. The number of methoxy groups -OCH3 is 1. The third-order valence-electron chi connectivity index (χ3n) is 5.48. The molecule has 5 heterocycles. The lowest BCUT2D eigenvalue weighted by Crippen LogP contribution is -2.31. The van der Waals surface area contributed by atoms with Crippen molar-refractivity contribution in [2.75, 3.05) is 43.1 Å². The second kappa shape index (κ2) is 6.22. The Labute approximate surface area is 156 Å². The zero-order valence-corrected chi connectivity index (χ0v) is 15.0. The quantitative estimate of drug-likeness (QED) is 0.688. The molecule has 0 radical (unpaired) electrons. The van der Waals surface area contributed by atoms with E-state index in [0.29, 0.717) is 23.4 Å². The minimum absolute atomic E-state index is 0.0425. The number of fused-ring (bicyclic) bond motifs is 2. The molecule has 0 spiro atoms. The Hall–Kier alpha value is -3.16. The predicted molar refractivity (Wildman–Crippen MR) is 101 cm³/mol. The average Bonchev–Trinajstić information content (AvgIpc) is 3.27. The molecular weight excluding hydrogens is 344 g/mol. The van der Waals surface area contributed by atoms with Gasteiger partial charge in [-0.3, -0.25) is 9.20 Å². The fourth-order valence-corrected chi connectivity index (χ4v) is 4.15. The highest BCUT2D eigenvalue weighted by Gasteiger charge is 2.41. The summed E-state index contributed by atoms with van der Waals surface area (Å²) in [5, 5.41) is 0. The van der Waals surface area contributed by atoms with Gasteiger partial charge in [0.2, 0.25) is 11.8 Å². The summed E-state index contributed by atoms with van der Waals surface area (Å²) < 4.78 is 6.78. The molecule has 0 aliphatic carbocycles. The highest BCUT2D eigenvalue weighted by Crippen LogP contribution is 2.34. The van der Waals surface area contributed by atoms with Crippen LogP contribution in [-0.2, 0) is 0 Å². The molecular formula is C19H20N6O2. The van der Waals surface area contributed by atoms with Crippen LogP contribution in [0.3, 0.4) is 0 Å². The van der Waals surface area contributed by atoms with Crippen LogP contribution in [-0.4, -0.2) is 52.6 Å². The van der Waals surface area contributed by atoms with Gasteiger partial charge in [-0.2, -0.15) is 4.98 Å². The molecule has 2 saturated heterocycles. The van der Waals surface area contributed by atoms with Crippen LogP contribution < -0.4 is 20.1 Å². The molecule has 5 rings (SSSR count). The van der Waals surface area contributed by atoms with E-state index in [2.05, 4.69) is 24.8 Å². The highest BCUT2D eigenvalue weighted by atomic mass is 16.5. The lowest BCUT2D eigenvalue weighted by atomic mass is 10.0. The number of rotatable bonds is 3.